The third-order valence-corrected chi connectivity index (χ3v) is 9.57. The fraction of sp³-hybridized carbons (Fsp3) is 0.455. The Morgan fingerprint density at radius 2 is 1.74 bits per heavy atom. The summed E-state index contributed by atoms with van der Waals surface area (Å²) < 4.78 is 21.0. The van der Waals surface area contributed by atoms with Crippen molar-refractivity contribution in [2.24, 2.45) is 0 Å². The maximum absolute atomic E-state index is 13.0. The lowest BCUT2D eigenvalue weighted by atomic mass is 9.98. The number of ether oxygens (including phenoxy) is 2. The summed E-state index contributed by atoms with van der Waals surface area (Å²) in [6.45, 7) is 8.30. The molecule has 47 heavy (non-hydrogen) atoms. The third-order valence-electron chi connectivity index (χ3n) is 8.31. The maximum Gasteiger partial charge on any atom is 0.407 e. The van der Waals surface area contributed by atoms with Crippen LogP contribution in [0.15, 0.2) is 70.4 Å². The Kier molecular flexibility index (Phi) is 11.2. The summed E-state index contributed by atoms with van der Waals surface area (Å²) in [4.78, 5) is 50.9. The van der Waals surface area contributed by atoms with E-state index in [2.05, 4.69) is 28.5 Å². The van der Waals surface area contributed by atoms with E-state index in [-0.39, 0.29) is 50.5 Å². The van der Waals surface area contributed by atoms with Crippen molar-refractivity contribution in [3.05, 3.63) is 92.8 Å². The van der Waals surface area contributed by atoms with E-state index in [9.17, 15) is 24.5 Å². The van der Waals surface area contributed by atoms with Gasteiger partial charge in [-0.25, -0.2) is 14.6 Å². The Balaban J connectivity index is 1.29. The molecule has 0 radical (unpaired) electrons. The molecule has 2 aliphatic rings. The second kappa shape index (κ2) is 15.3. The summed E-state index contributed by atoms with van der Waals surface area (Å²) in [6, 6.07) is 19.5. The molecule has 0 bridgehead atoms. The van der Waals surface area contributed by atoms with Crippen molar-refractivity contribution in [2.45, 2.75) is 77.0 Å². The summed E-state index contributed by atoms with van der Waals surface area (Å²) in [6.07, 6.45) is -1.35. The van der Waals surface area contributed by atoms with Crippen LogP contribution in [0.3, 0.4) is 0 Å². The number of benzene rings is 2. The van der Waals surface area contributed by atoms with E-state index in [1.54, 1.807) is 4.78 Å². The number of aromatic amines is 1. The summed E-state index contributed by atoms with van der Waals surface area (Å²) in [5.41, 5.74) is 3.24. The van der Waals surface area contributed by atoms with Crippen molar-refractivity contribution in [3.63, 3.8) is 0 Å². The van der Waals surface area contributed by atoms with Gasteiger partial charge in [-0.15, -0.1) is 0 Å². The maximum atomic E-state index is 13.0. The molecule has 0 saturated carbocycles. The molecule has 1 aliphatic carbocycles. The quantitative estimate of drug-likeness (QED) is 0.178. The van der Waals surface area contributed by atoms with Crippen LogP contribution in [0.2, 0.25) is 0 Å². The van der Waals surface area contributed by atoms with Gasteiger partial charge in [0.15, 0.2) is 0 Å². The molecule has 1 aromatic heterocycles. The highest BCUT2D eigenvalue weighted by atomic mass is 31.2. The molecule has 2 heterocycles. The average Bonchev–Trinajstić information content (AvgIpc) is 3.58. The molecule has 1 unspecified atom stereocenters. The van der Waals surface area contributed by atoms with E-state index in [4.69, 9.17) is 14.0 Å². The van der Waals surface area contributed by atoms with Crippen LogP contribution in [0.25, 0.3) is 11.1 Å². The molecule has 5 rings (SSSR count). The molecule has 250 valence electrons. The first kappa shape index (κ1) is 34.4. The fourth-order valence-electron chi connectivity index (χ4n) is 6.40. The lowest BCUT2D eigenvalue weighted by Crippen LogP contribution is -2.49. The second-order valence-electron chi connectivity index (χ2n) is 12.1. The number of hydrogen-bond donors (Lipinski definition) is 3. The van der Waals surface area contributed by atoms with Crippen LogP contribution in [-0.2, 0) is 14.0 Å². The Morgan fingerprint density at radius 1 is 1.11 bits per heavy atom. The Bertz CT molecular complexity index is 1650. The molecular formula is C33H41N6O7P. The van der Waals surface area contributed by atoms with Crippen molar-refractivity contribution in [3.8, 4) is 17.2 Å². The van der Waals surface area contributed by atoms with Gasteiger partial charge in [0.25, 0.3) is 14.1 Å². The molecular weight excluding hydrogens is 623 g/mol. The minimum absolute atomic E-state index is 0.00720. The van der Waals surface area contributed by atoms with E-state index in [1.165, 1.54) is 16.8 Å². The average molecular weight is 665 g/mol. The van der Waals surface area contributed by atoms with E-state index in [0.717, 1.165) is 22.3 Å². The number of aromatic nitrogens is 2. The van der Waals surface area contributed by atoms with Crippen LogP contribution in [0.1, 0.15) is 63.8 Å². The first-order chi connectivity index (χ1) is 22.6. The van der Waals surface area contributed by atoms with Gasteiger partial charge in [0.1, 0.15) is 18.9 Å². The molecule has 1 fully saturated rings. The Labute approximate surface area is 274 Å². The number of nitrogens with one attached hydrogen (secondary N) is 2. The van der Waals surface area contributed by atoms with Gasteiger partial charge in [0, 0.05) is 56.2 Å². The van der Waals surface area contributed by atoms with Gasteiger partial charge >= 0.3 is 11.8 Å². The van der Waals surface area contributed by atoms with Crippen molar-refractivity contribution in [2.75, 3.05) is 19.7 Å². The highest BCUT2D eigenvalue weighted by molar-refractivity contribution is 7.43. The smallest absolute Gasteiger partial charge is 0.407 e. The number of hydrazine groups is 1. The van der Waals surface area contributed by atoms with Crippen molar-refractivity contribution in [1.82, 2.24) is 24.7 Å². The predicted octanol–water partition coefficient (Wildman–Crippen LogP) is 4.22. The van der Waals surface area contributed by atoms with Crippen molar-refractivity contribution >= 4 is 14.6 Å². The minimum Gasteiger partial charge on any atom is -0.449 e. The number of nitriles is 1. The van der Waals surface area contributed by atoms with Gasteiger partial charge in [-0.1, -0.05) is 48.5 Å². The first-order valence-corrected chi connectivity index (χ1v) is 16.9. The van der Waals surface area contributed by atoms with Crippen LogP contribution in [-0.4, -0.2) is 74.3 Å². The lowest BCUT2D eigenvalue weighted by Gasteiger charge is -2.42. The SMILES string of the molecule is CC(C)N(C(C)C)N(CCC#N)P(O)O[C@H]1C[C@H](n2ccc(=O)[nH]c2=O)O[C@@H]1CNC(=O)OCC1c2ccccc2-c2ccccc21. The van der Waals surface area contributed by atoms with Crippen molar-refractivity contribution in [1.29, 1.82) is 5.26 Å². The van der Waals surface area contributed by atoms with Crippen LogP contribution in [0, 0.1) is 11.3 Å². The van der Waals surface area contributed by atoms with Crippen LogP contribution in [0.5, 0.6) is 0 Å². The monoisotopic (exact) mass is 664 g/mol. The van der Waals surface area contributed by atoms with Crippen molar-refractivity contribution < 1.29 is 23.7 Å². The molecule has 13 nitrogen and oxygen atoms in total. The number of fused-ring (bicyclic) bond motifs is 3. The summed E-state index contributed by atoms with van der Waals surface area (Å²) >= 11 is 0. The predicted molar refractivity (Wildman–Crippen MR) is 176 cm³/mol. The van der Waals surface area contributed by atoms with Gasteiger partial charge in [-0.3, -0.25) is 14.3 Å². The molecule has 4 atom stereocenters. The highest BCUT2D eigenvalue weighted by Gasteiger charge is 2.41. The topological polar surface area (TPSA) is 162 Å². The second-order valence-corrected chi connectivity index (χ2v) is 13.2. The molecule has 1 saturated heterocycles. The Hall–Kier alpha value is -3.89. The number of H-pyrrole nitrogens is 1. The molecule has 14 heteroatoms. The zero-order chi connectivity index (χ0) is 33.7. The molecule has 1 aliphatic heterocycles. The number of carbonyl (C=O) groups excluding carboxylic acids is 1. The number of nitrogens with zero attached hydrogens (tertiary/aromatic N) is 4. The molecule has 1 amide bonds. The van der Waals surface area contributed by atoms with E-state index >= 15 is 0 Å². The number of carbonyl (C=O) groups is 1. The third kappa shape index (κ3) is 7.81. The number of hydrogen-bond acceptors (Lipinski definition) is 10. The summed E-state index contributed by atoms with van der Waals surface area (Å²) in [7, 11) is -2.25. The van der Waals surface area contributed by atoms with Crippen LogP contribution in [0.4, 0.5) is 4.79 Å². The normalized spacial score (nSPS) is 19.6. The van der Waals surface area contributed by atoms with Gasteiger partial charge in [0.05, 0.1) is 12.2 Å². The molecule has 0 spiro atoms. The molecule has 3 aromatic rings. The molecule has 2 aromatic carbocycles. The standard InChI is InChI=1S/C33H41N6O7P/c1-21(2)39(22(3)4)38(16-9-15-34)47(43)46-28-18-31(37-17-14-30(40)36-32(37)41)45-29(28)19-35-33(42)44-20-27-25-12-7-5-10-23(25)24-11-6-8-13-26(24)27/h5-8,10-14,17,21-22,27-29,31,43H,9,16,18-20H2,1-4H3,(H,35,42)(H,36,40,41)/t28-,29+,31+,47?/m0/s1. The largest absolute Gasteiger partial charge is 0.449 e. The van der Waals surface area contributed by atoms with Gasteiger partial charge < -0.3 is 24.2 Å². The fourth-order valence-corrected chi connectivity index (χ4v) is 7.83. The van der Waals surface area contributed by atoms with Gasteiger partial charge in [-0.05, 0) is 49.9 Å². The van der Waals surface area contributed by atoms with E-state index < -0.39 is 44.3 Å². The van der Waals surface area contributed by atoms with Crippen LogP contribution >= 0.6 is 8.53 Å². The number of rotatable bonds is 13. The van der Waals surface area contributed by atoms with Gasteiger partial charge in [0.2, 0.25) is 0 Å². The summed E-state index contributed by atoms with van der Waals surface area (Å²) in [5, 5.41) is 14.0. The first-order valence-electron chi connectivity index (χ1n) is 15.7. The van der Waals surface area contributed by atoms with E-state index in [1.807, 2.05) is 69.1 Å². The lowest BCUT2D eigenvalue weighted by molar-refractivity contribution is -0.0353. The Morgan fingerprint density at radius 3 is 2.34 bits per heavy atom. The van der Waals surface area contributed by atoms with Crippen LogP contribution < -0.4 is 16.6 Å². The summed E-state index contributed by atoms with van der Waals surface area (Å²) in [5.74, 6) is -0.106. The van der Waals surface area contributed by atoms with Gasteiger partial charge in [-0.2, -0.15) is 10.0 Å². The minimum atomic E-state index is -2.25. The number of amides is 1. The zero-order valence-corrected chi connectivity index (χ0v) is 27.8. The zero-order valence-electron chi connectivity index (χ0n) is 26.9. The highest BCUT2D eigenvalue weighted by Crippen LogP contribution is 2.46. The molecule has 3 N–H and O–H groups in total. The number of alkyl carbamates (subject to hydrolysis) is 1. The van der Waals surface area contributed by atoms with E-state index in [0.29, 0.717) is 0 Å².